The number of carboxylic acid groups (broad SMARTS) is 1. The standard InChI is InChI=1S/C14H15N3O5/c1-10-8-13(15-22-10)16(7-6-14(18)19)9-11-2-4-12(5-3-11)17(20)21/h2-5,8H,6-7,9H2,1H3,(H,18,19). The third kappa shape index (κ3) is 4.05. The van der Waals surface area contributed by atoms with Crippen molar-refractivity contribution in [3.63, 3.8) is 0 Å². The maximum atomic E-state index is 10.8. The van der Waals surface area contributed by atoms with Crippen LogP contribution in [0, 0.1) is 17.0 Å². The van der Waals surface area contributed by atoms with Crippen molar-refractivity contribution in [3.05, 3.63) is 51.8 Å². The fraction of sp³-hybridized carbons (Fsp3) is 0.286. The number of benzene rings is 1. The van der Waals surface area contributed by atoms with Gasteiger partial charge in [0.1, 0.15) is 5.76 Å². The van der Waals surface area contributed by atoms with Crippen LogP contribution < -0.4 is 4.90 Å². The van der Waals surface area contributed by atoms with Gasteiger partial charge in [-0.05, 0) is 12.5 Å². The highest BCUT2D eigenvalue weighted by Gasteiger charge is 2.14. The summed E-state index contributed by atoms with van der Waals surface area (Å²) in [4.78, 5) is 22.7. The Morgan fingerprint density at radius 1 is 1.41 bits per heavy atom. The summed E-state index contributed by atoms with van der Waals surface area (Å²) in [5, 5.41) is 23.4. The molecule has 1 heterocycles. The maximum absolute atomic E-state index is 10.8. The van der Waals surface area contributed by atoms with Gasteiger partial charge in [-0.3, -0.25) is 14.9 Å². The van der Waals surface area contributed by atoms with Gasteiger partial charge in [0.15, 0.2) is 5.82 Å². The Hall–Kier alpha value is -2.90. The molecule has 0 radical (unpaired) electrons. The molecular weight excluding hydrogens is 290 g/mol. The molecule has 0 aliphatic heterocycles. The van der Waals surface area contributed by atoms with E-state index >= 15 is 0 Å². The Morgan fingerprint density at radius 2 is 2.09 bits per heavy atom. The minimum absolute atomic E-state index is 0.0121. The number of hydrogen-bond acceptors (Lipinski definition) is 6. The van der Waals surface area contributed by atoms with E-state index in [-0.39, 0.29) is 18.7 Å². The zero-order valence-corrected chi connectivity index (χ0v) is 11.9. The average Bonchev–Trinajstić information content (AvgIpc) is 2.90. The molecule has 116 valence electrons. The highest BCUT2D eigenvalue weighted by atomic mass is 16.6. The van der Waals surface area contributed by atoms with Crippen LogP contribution in [0.4, 0.5) is 11.5 Å². The smallest absolute Gasteiger partial charge is 0.305 e. The molecule has 0 saturated heterocycles. The second kappa shape index (κ2) is 6.70. The summed E-state index contributed by atoms with van der Waals surface area (Å²) in [5.74, 6) is 0.255. The molecule has 0 spiro atoms. The Morgan fingerprint density at radius 3 is 2.59 bits per heavy atom. The molecule has 1 aromatic carbocycles. The van der Waals surface area contributed by atoms with Crippen molar-refractivity contribution in [1.29, 1.82) is 0 Å². The van der Waals surface area contributed by atoms with E-state index in [2.05, 4.69) is 5.16 Å². The third-order valence-corrected chi connectivity index (χ3v) is 3.06. The van der Waals surface area contributed by atoms with Crippen LogP contribution in [-0.4, -0.2) is 27.7 Å². The lowest BCUT2D eigenvalue weighted by atomic mass is 10.2. The first-order chi connectivity index (χ1) is 10.5. The van der Waals surface area contributed by atoms with Crippen LogP contribution in [0.15, 0.2) is 34.9 Å². The molecule has 2 aromatic rings. The van der Waals surface area contributed by atoms with Crippen LogP contribution in [-0.2, 0) is 11.3 Å². The monoisotopic (exact) mass is 305 g/mol. The number of nitrogens with zero attached hydrogens (tertiary/aromatic N) is 3. The molecule has 0 aliphatic rings. The first kappa shape index (κ1) is 15.5. The highest BCUT2D eigenvalue weighted by Crippen LogP contribution is 2.19. The van der Waals surface area contributed by atoms with E-state index in [0.29, 0.717) is 18.1 Å². The van der Waals surface area contributed by atoms with Crippen molar-refractivity contribution < 1.29 is 19.3 Å². The second-order valence-electron chi connectivity index (χ2n) is 4.78. The Labute approximate surface area is 126 Å². The van der Waals surface area contributed by atoms with Crippen molar-refractivity contribution in [2.75, 3.05) is 11.4 Å². The van der Waals surface area contributed by atoms with Crippen LogP contribution in [0.1, 0.15) is 17.7 Å². The number of nitro benzene ring substituents is 1. The number of aryl methyl sites for hydroxylation is 1. The minimum atomic E-state index is -0.908. The lowest BCUT2D eigenvalue weighted by Gasteiger charge is -2.20. The van der Waals surface area contributed by atoms with Crippen molar-refractivity contribution >= 4 is 17.5 Å². The molecule has 0 fully saturated rings. The number of nitro groups is 1. The number of anilines is 1. The minimum Gasteiger partial charge on any atom is -0.481 e. The van der Waals surface area contributed by atoms with Crippen molar-refractivity contribution in [3.8, 4) is 0 Å². The van der Waals surface area contributed by atoms with Crippen LogP contribution in [0.5, 0.6) is 0 Å². The summed E-state index contributed by atoms with van der Waals surface area (Å²) in [6.07, 6.45) is -0.0428. The number of aromatic nitrogens is 1. The van der Waals surface area contributed by atoms with Gasteiger partial charge < -0.3 is 14.5 Å². The molecule has 0 saturated carbocycles. The molecule has 0 amide bonds. The third-order valence-electron chi connectivity index (χ3n) is 3.06. The molecule has 2 rings (SSSR count). The van der Waals surface area contributed by atoms with Crippen molar-refractivity contribution in [1.82, 2.24) is 5.16 Å². The first-order valence-electron chi connectivity index (χ1n) is 6.59. The summed E-state index contributed by atoms with van der Waals surface area (Å²) < 4.78 is 5.01. The Kier molecular flexibility index (Phi) is 4.72. The van der Waals surface area contributed by atoms with Gasteiger partial charge in [0, 0.05) is 31.3 Å². The van der Waals surface area contributed by atoms with Gasteiger partial charge in [-0.2, -0.15) is 0 Å². The number of aliphatic carboxylic acids is 1. The normalized spacial score (nSPS) is 10.4. The van der Waals surface area contributed by atoms with Gasteiger partial charge in [0.2, 0.25) is 0 Å². The lowest BCUT2D eigenvalue weighted by Crippen LogP contribution is -2.26. The van der Waals surface area contributed by atoms with Crippen LogP contribution in [0.2, 0.25) is 0 Å². The summed E-state index contributed by atoms with van der Waals surface area (Å²) in [5.41, 5.74) is 0.828. The summed E-state index contributed by atoms with van der Waals surface area (Å²) in [6, 6.07) is 7.82. The van der Waals surface area contributed by atoms with E-state index in [1.165, 1.54) is 12.1 Å². The quantitative estimate of drug-likeness (QED) is 0.617. The fourth-order valence-electron chi connectivity index (χ4n) is 1.95. The van der Waals surface area contributed by atoms with E-state index < -0.39 is 10.9 Å². The molecule has 0 aliphatic carbocycles. The van der Waals surface area contributed by atoms with Crippen molar-refractivity contribution in [2.24, 2.45) is 0 Å². The Balaban J connectivity index is 2.14. The summed E-state index contributed by atoms with van der Waals surface area (Å²) >= 11 is 0. The van der Waals surface area contributed by atoms with E-state index in [1.807, 2.05) is 0 Å². The molecular formula is C14H15N3O5. The average molecular weight is 305 g/mol. The van der Waals surface area contributed by atoms with Crippen LogP contribution in [0.3, 0.4) is 0 Å². The summed E-state index contributed by atoms with van der Waals surface area (Å²) in [7, 11) is 0. The predicted molar refractivity (Wildman–Crippen MR) is 77.6 cm³/mol. The molecule has 8 heteroatoms. The SMILES string of the molecule is Cc1cc(N(CCC(=O)O)Cc2ccc([N+](=O)[O-])cc2)no1. The molecule has 8 nitrogen and oxygen atoms in total. The zero-order chi connectivity index (χ0) is 16.1. The van der Waals surface area contributed by atoms with Crippen LogP contribution >= 0.6 is 0 Å². The molecule has 22 heavy (non-hydrogen) atoms. The molecule has 0 atom stereocenters. The summed E-state index contributed by atoms with van der Waals surface area (Å²) in [6.45, 7) is 2.40. The maximum Gasteiger partial charge on any atom is 0.305 e. The van der Waals surface area contributed by atoms with Gasteiger partial charge in [-0.1, -0.05) is 17.3 Å². The number of carbonyl (C=O) groups is 1. The topological polar surface area (TPSA) is 110 Å². The van der Waals surface area contributed by atoms with Gasteiger partial charge in [-0.25, -0.2) is 0 Å². The van der Waals surface area contributed by atoms with E-state index in [4.69, 9.17) is 9.63 Å². The largest absolute Gasteiger partial charge is 0.481 e. The predicted octanol–water partition coefficient (Wildman–Crippen LogP) is 2.37. The van der Waals surface area contributed by atoms with Gasteiger partial charge in [0.25, 0.3) is 5.69 Å². The molecule has 1 aromatic heterocycles. The van der Waals surface area contributed by atoms with Crippen molar-refractivity contribution in [2.45, 2.75) is 19.9 Å². The van der Waals surface area contributed by atoms with E-state index in [9.17, 15) is 14.9 Å². The number of hydrogen-bond donors (Lipinski definition) is 1. The van der Waals surface area contributed by atoms with E-state index in [0.717, 1.165) is 5.56 Å². The second-order valence-corrected chi connectivity index (χ2v) is 4.78. The molecule has 1 N–H and O–H groups in total. The van der Waals surface area contributed by atoms with Crippen LogP contribution in [0.25, 0.3) is 0 Å². The lowest BCUT2D eigenvalue weighted by molar-refractivity contribution is -0.384. The Bertz CT molecular complexity index is 665. The number of carboxylic acids is 1. The van der Waals surface area contributed by atoms with Gasteiger partial charge in [-0.15, -0.1) is 0 Å². The highest BCUT2D eigenvalue weighted by molar-refractivity contribution is 5.67. The number of rotatable bonds is 7. The fourth-order valence-corrected chi connectivity index (χ4v) is 1.95. The number of non-ortho nitro benzene ring substituents is 1. The first-order valence-corrected chi connectivity index (χ1v) is 6.59. The van der Waals surface area contributed by atoms with Gasteiger partial charge >= 0.3 is 5.97 Å². The van der Waals surface area contributed by atoms with E-state index in [1.54, 1.807) is 30.0 Å². The molecule has 0 bridgehead atoms. The zero-order valence-electron chi connectivity index (χ0n) is 11.9. The molecule has 0 unspecified atom stereocenters. The van der Waals surface area contributed by atoms with Gasteiger partial charge in [0.05, 0.1) is 11.3 Å².